The van der Waals surface area contributed by atoms with E-state index >= 15 is 0 Å². The van der Waals surface area contributed by atoms with Crippen molar-refractivity contribution in [3.05, 3.63) is 26.3 Å². The van der Waals surface area contributed by atoms with Crippen molar-refractivity contribution in [2.24, 2.45) is 0 Å². The van der Waals surface area contributed by atoms with E-state index in [1.807, 2.05) is 28.7 Å². The predicted molar refractivity (Wildman–Crippen MR) is 53.3 cm³/mol. The summed E-state index contributed by atoms with van der Waals surface area (Å²) in [4.78, 5) is 0. The van der Waals surface area contributed by atoms with E-state index < -0.39 is 0 Å². The first-order chi connectivity index (χ1) is 5.16. The molecule has 0 saturated carbocycles. The van der Waals surface area contributed by atoms with Crippen molar-refractivity contribution in [3.8, 4) is 6.07 Å². The summed E-state index contributed by atoms with van der Waals surface area (Å²) in [5.74, 6) is 0. The second-order valence-corrected chi connectivity index (χ2v) is 3.48. The van der Waals surface area contributed by atoms with Crippen LogP contribution in [0.15, 0.2) is 12.1 Å². The van der Waals surface area contributed by atoms with Gasteiger partial charge in [0.25, 0.3) is 0 Å². The van der Waals surface area contributed by atoms with Gasteiger partial charge in [-0.3, -0.25) is 0 Å². The molecule has 0 spiro atoms. The molecule has 0 heterocycles. The van der Waals surface area contributed by atoms with Gasteiger partial charge in [-0.2, -0.15) is 5.26 Å². The summed E-state index contributed by atoms with van der Waals surface area (Å²) < 4.78 is 0.823. The third-order valence-corrected chi connectivity index (χ3v) is 2.54. The largest absolute Gasteiger partial charge is 0.397 e. The summed E-state index contributed by atoms with van der Waals surface area (Å²) in [7, 11) is 0. The van der Waals surface area contributed by atoms with Crippen LogP contribution in [0, 0.1) is 14.9 Å². The topological polar surface area (TPSA) is 49.8 Å². The zero-order valence-corrected chi connectivity index (χ0v) is 8.35. The van der Waals surface area contributed by atoms with Crippen molar-refractivity contribution in [2.45, 2.75) is 0 Å². The van der Waals surface area contributed by atoms with Crippen LogP contribution in [0.1, 0.15) is 5.56 Å². The molecule has 11 heavy (non-hydrogen) atoms. The summed E-state index contributed by atoms with van der Waals surface area (Å²) in [6, 6.07) is 5.43. The zero-order valence-electron chi connectivity index (χ0n) is 5.44. The van der Waals surface area contributed by atoms with Gasteiger partial charge in [0.15, 0.2) is 0 Å². The van der Waals surface area contributed by atoms with Crippen LogP contribution >= 0.6 is 34.2 Å². The molecule has 56 valence electrons. The van der Waals surface area contributed by atoms with E-state index in [4.69, 9.17) is 22.6 Å². The summed E-state index contributed by atoms with van der Waals surface area (Å²) in [6.45, 7) is 0. The Bertz CT molecular complexity index is 330. The average molecular weight is 278 g/mol. The Kier molecular flexibility index (Phi) is 2.58. The van der Waals surface area contributed by atoms with Crippen molar-refractivity contribution in [1.82, 2.24) is 0 Å². The minimum Gasteiger partial charge on any atom is -0.397 e. The number of nitrogen functional groups attached to an aromatic ring is 1. The molecular formula is C7H4ClIN2. The highest BCUT2D eigenvalue weighted by atomic mass is 127. The van der Waals surface area contributed by atoms with Gasteiger partial charge in [-0.15, -0.1) is 0 Å². The number of benzene rings is 1. The molecule has 1 rings (SSSR count). The Labute approximate surface area is 83.1 Å². The van der Waals surface area contributed by atoms with Gasteiger partial charge in [-0.1, -0.05) is 11.6 Å². The SMILES string of the molecule is N#Cc1c(I)ccc(N)c1Cl. The Hall–Kier alpha value is -0.470. The number of rotatable bonds is 0. The van der Waals surface area contributed by atoms with Crippen molar-refractivity contribution < 1.29 is 0 Å². The molecule has 1 aromatic carbocycles. The van der Waals surface area contributed by atoms with Crippen LogP contribution in [-0.4, -0.2) is 0 Å². The summed E-state index contributed by atoms with van der Waals surface area (Å²) in [5.41, 5.74) is 6.38. The van der Waals surface area contributed by atoms with Crippen LogP contribution in [0.5, 0.6) is 0 Å². The van der Waals surface area contributed by atoms with Crippen molar-refractivity contribution >= 4 is 39.9 Å². The lowest BCUT2D eigenvalue weighted by molar-refractivity contribution is 1.46. The third kappa shape index (κ3) is 1.57. The lowest BCUT2D eigenvalue weighted by atomic mass is 10.2. The van der Waals surface area contributed by atoms with Gasteiger partial charge in [-0.25, -0.2) is 0 Å². The van der Waals surface area contributed by atoms with Gasteiger partial charge in [0.1, 0.15) is 6.07 Å². The van der Waals surface area contributed by atoms with E-state index in [0.29, 0.717) is 16.3 Å². The molecule has 0 bridgehead atoms. The van der Waals surface area contributed by atoms with Crippen molar-refractivity contribution in [2.75, 3.05) is 5.73 Å². The summed E-state index contributed by atoms with van der Waals surface area (Å²) in [6.07, 6.45) is 0. The van der Waals surface area contributed by atoms with E-state index in [0.717, 1.165) is 3.57 Å². The van der Waals surface area contributed by atoms with Gasteiger partial charge in [0, 0.05) is 3.57 Å². The number of nitriles is 1. The summed E-state index contributed by atoms with van der Waals surface area (Å²) >= 11 is 7.79. The molecule has 4 heteroatoms. The summed E-state index contributed by atoms with van der Waals surface area (Å²) in [5, 5.41) is 8.98. The first-order valence-corrected chi connectivity index (χ1v) is 4.26. The Morgan fingerprint density at radius 3 is 2.64 bits per heavy atom. The van der Waals surface area contributed by atoms with Crippen LogP contribution in [0.25, 0.3) is 0 Å². The number of hydrogen-bond donors (Lipinski definition) is 1. The predicted octanol–water partition coefficient (Wildman–Crippen LogP) is 2.40. The van der Waals surface area contributed by atoms with Gasteiger partial charge in [0.05, 0.1) is 16.3 Å². The van der Waals surface area contributed by atoms with Crippen molar-refractivity contribution in [3.63, 3.8) is 0 Å². The molecule has 0 unspecified atom stereocenters. The standard InChI is InChI=1S/C7H4ClIN2/c8-7-4(3-10)5(9)1-2-6(7)11/h1-2H,11H2. The van der Waals surface area contributed by atoms with Crippen LogP contribution < -0.4 is 5.73 Å². The minimum absolute atomic E-state index is 0.347. The number of nitrogens with zero attached hydrogens (tertiary/aromatic N) is 1. The molecule has 0 amide bonds. The minimum atomic E-state index is 0.347. The first-order valence-electron chi connectivity index (χ1n) is 2.80. The van der Waals surface area contributed by atoms with Gasteiger partial charge in [0.2, 0.25) is 0 Å². The van der Waals surface area contributed by atoms with Crippen LogP contribution in [0.3, 0.4) is 0 Å². The van der Waals surface area contributed by atoms with Crippen molar-refractivity contribution in [1.29, 1.82) is 5.26 Å². The highest BCUT2D eigenvalue weighted by Crippen LogP contribution is 2.26. The highest BCUT2D eigenvalue weighted by Gasteiger charge is 2.06. The third-order valence-electron chi connectivity index (χ3n) is 1.23. The number of anilines is 1. The van der Waals surface area contributed by atoms with Gasteiger partial charge < -0.3 is 5.73 Å². The Balaban J connectivity index is 3.44. The molecule has 0 atom stereocenters. The molecule has 2 N–H and O–H groups in total. The fourth-order valence-electron chi connectivity index (χ4n) is 0.671. The van der Waals surface area contributed by atoms with Crippen LogP contribution in [0.2, 0.25) is 5.02 Å². The monoisotopic (exact) mass is 278 g/mol. The molecular weight excluding hydrogens is 274 g/mol. The highest BCUT2D eigenvalue weighted by molar-refractivity contribution is 14.1. The molecule has 0 saturated heterocycles. The maximum absolute atomic E-state index is 8.63. The molecule has 0 aliphatic rings. The first kappa shape index (κ1) is 8.62. The normalized spacial score (nSPS) is 9.18. The molecule has 0 radical (unpaired) electrons. The van der Waals surface area contributed by atoms with Gasteiger partial charge in [-0.05, 0) is 34.7 Å². The van der Waals surface area contributed by atoms with E-state index in [1.165, 1.54) is 0 Å². The molecule has 0 aliphatic heterocycles. The number of hydrogen-bond acceptors (Lipinski definition) is 2. The number of nitrogens with two attached hydrogens (primary N) is 1. The maximum atomic E-state index is 8.63. The molecule has 0 fully saturated rings. The van der Waals surface area contributed by atoms with Crippen LogP contribution in [0.4, 0.5) is 5.69 Å². The van der Waals surface area contributed by atoms with Gasteiger partial charge >= 0.3 is 0 Å². The fourth-order valence-corrected chi connectivity index (χ4v) is 1.61. The second-order valence-electron chi connectivity index (χ2n) is 1.94. The fraction of sp³-hybridized carbons (Fsp3) is 0. The maximum Gasteiger partial charge on any atom is 0.102 e. The smallest absolute Gasteiger partial charge is 0.102 e. The van der Waals surface area contributed by atoms with E-state index in [2.05, 4.69) is 0 Å². The second kappa shape index (κ2) is 3.28. The van der Waals surface area contributed by atoms with E-state index in [-0.39, 0.29) is 0 Å². The number of halogens is 2. The van der Waals surface area contributed by atoms with E-state index in [1.54, 1.807) is 12.1 Å². The molecule has 0 aliphatic carbocycles. The lowest BCUT2D eigenvalue weighted by Crippen LogP contribution is -1.91. The lowest BCUT2D eigenvalue weighted by Gasteiger charge is -2.00. The molecule has 1 aromatic rings. The molecule has 0 aromatic heterocycles. The van der Waals surface area contributed by atoms with E-state index in [9.17, 15) is 0 Å². The van der Waals surface area contributed by atoms with Crippen LogP contribution in [-0.2, 0) is 0 Å². The quantitative estimate of drug-likeness (QED) is 0.585. The molecule has 2 nitrogen and oxygen atoms in total. The Morgan fingerprint density at radius 1 is 1.55 bits per heavy atom. The Morgan fingerprint density at radius 2 is 2.18 bits per heavy atom. The average Bonchev–Trinajstić information content (AvgIpc) is 1.99. The zero-order chi connectivity index (χ0) is 8.43.